The Morgan fingerprint density at radius 2 is 2.16 bits per heavy atom. The van der Waals surface area contributed by atoms with Gasteiger partial charge in [-0.1, -0.05) is 19.3 Å². The van der Waals surface area contributed by atoms with E-state index in [4.69, 9.17) is 0 Å². The zero-order valence-electron chi connectivity index (χ0n) is 12.1. The lowest BCUT2D eigenvalue weighted by atomic mass is 9.78. The van der Waals surface area contributed by atoms with Gasteiger partial charge in [-0.05, 0) is 32.4 Å². The first kappa shape index (κ1) is 14.3. The number of carbonyl (C=O) groups excluding carboxylic acids is 1. The van der Waals surface area contributed by atoms with Crippen LogP contribution in [0.3, 0.4) is 0 Å². The van der Waals surface area contributed by atoms with Crippen LogP contribution in [-0.2, 0) is 18.3 Å². The van der Waals surface area contributed by atoms with Crippen molar-refractivity contribution in [3.63, 3.8) is 0 Å². The number of Topliss-reactive ketones (excluding diaryl/α,β-unsaturated/α-hetero) is 1. The topological polar surface area (TPSA) is 46.9 Å². The first-order chi connectivity index (χ1) is 9.15. The van der Waals surface area contributed by atoms with Crippen LogP contribution in [0.25, 0.3) is 0 Å². The smallest absolute Gasteiger partial charge is 0.135 e. The molecule has 0 spiro atoms. The minimum atomic E-state index is 0.0712. The minimum Gasteiger partial charge on any atom is -0.314 e. The van der Waals surface area contributed by atoms with E-state index in [2.05, 4.69) is 10.4 Å². The molecule has 4 nitrogen and oxygen atoms in total. The van der Waals surface area contributed by atoms with E-state index in [1.165, 1.54) is 19.3 Å². The van der Waals surface area contributed by atoms with Crippen molar-refractivity contribution in [3.05, 3.63) is 18.0 Å². The first-order valence-corrected chi connectivity index (χ1v) is 7.33. The van der Waals surface area contributed by atoms with Gasteiger partial charge in [0.05, 0.1) is 0 Å². The van der Waals surface area contributed by atoms with Crippen LogP contribution in [0.1, 0.15) is 50.6 Å². The van der Waals surface area contributed by atoms with E-state index in [0.717, 1.165) is 25.0 Å². The Morgan fingerprint density at radius 3 is 2.74 bits per heavy atom. The van der Waals surface area contributed by atoms with Gasteiger partial charge in [0.25, 0.3) is 0 Å². The molecular weight excluding hydrogens is 238 g/mol. The molecule has 0 amide bonds. The van der Waals surface area contributed by atoms with E-state index in [-0.39, 0.29) is 5.54 Å². The molecule has 0 aliphatic heterocycles. The van der Waals surface area contributed by atoms with Crippen LogP contribution in [0.4, 0.5) is 0 Å². The first-order valence-electron chi connectivity index (χ1n) is 7.33. The molecule has 1 saturated carbocycles. The fourth-order valence-corrected chi connectivity index (χ4v) is 3.12. The monoisotopic (exact) mass is 263 g/mol. The molecule has 0 bridgehead atoms. The van der Waals surface area contributed by atoms with Gasteiger partial charge >= 0.3 is 0 Å². The van der Waals surface area contributed by atoms with E-state index in [1.54, 1.807) is 6.20 Å². The largest absolute Gasteiger partial charge is 0.314 e. The maximum Gasteiger partial charge on any atom is 0.135 e. The average Bonchev–Trinajstić information content (AvgIpc) is 2.83. The van der Waals surface area contributed by atoms with Gasteiger partial charge < -0.3 is 5.32 Å². The predicted molar refractivity (Wildman–Crippen MR) is 76.0 cm³/mol. The Hall–Kier alpha value is -1.16. The second-order valence-corrected chi connectivity index (χ2v) is 5.75. The zero-order valence-corrected chi connectivity index (χ0v) is 12.1. The third kappa shape index (κ3) is 3.66. The molecule has 0 unspecified atom stereocenters. The highest BCUT2D eigenvalue weighted by molar-refractivity contribution is 5.79. The third-order valence-electron chi connectivity index (χ3n) is 4.46. The maximum atomic E-state index is 12.2. The Morgan fingerprint density at radius 1 is 1.42 bits per heavy atom. The quantitative estimate of drug-likeness (QED) is 0.856. The van der Waals surface area contributed by atoms with Gasteiger partial charge in [0, 0.05) is 37.3 Å². The number of nitrogens with zero attached hydrogens (tertiary/aromatic N) is 2. The van der Waals surface area contributed by atoms with Crippen LogP contribution in [0.15, 0.2) is 12.3 Å². The van der Waals surface area contributed by atoms with E-state index in [1.807, 2.05) is 24.8 Å². The molecule has 4 heteroatoms. The molecule has 1 heterocycles. The van der Waals surface area contributed by atoms with Gasteiger partial charge in [0.15, 0.2) is 0 Å². The molecule has 2 rings (SSSR count). The van der Waals surface area contributed by atoms with Crippen molar-refractivity contribution in [2.45, 2.75) is 56.9 Å². The fourth-order valence-electron chi connectivity index (χ4n) is 3.12. The molecule has 0 aromatic carbocycles. The highest BCUT2D eigenvalue weighted by atomic mass is 16.1. The van der Waals surface area contributed by atoms with Crippen molar-refractivity contribution < 1.29 is 4.79 Å². The van der Waals surface area contributed by atoms with E-state index >= 15 is 0 Å². The molecule has 1 aliphatic carbocycles. The Bertz CT molecular complexity index is 419. The summed E-state index contributed by atoms with van der Waals surface area (Å²) in [5, 5.41) is 7.55. The number of hydrogen-bond donors (Lipinski definition) is 1. The van der Waals surface area contributed by atoms with Crippen molar-refractivity contribution in [2.75, 3.05) is 7.05 Å². The van der Waals surface area contributed by atoms with E-state index in [0.29, 0.717) is 18.6 Å². The summed E-state index contributed by atoms with van der Waals surface area (Å²) in [6.45, 7) is 0. The van der Waals surface area contributed by atoms with Crippen molar-refractivity contribution in [2.24, 2.45) is 7.05 Å². The van der Waals surface area contributed by atoms with Gasteiger partial charge in [-0.15, -0.1) is 0 Å². The predicted octanol–water partition coefficient (Wildman–Crippen LogP) is 2.23. The van der Waals surface area contributed by atoms with E-state index < -0.39 is 0 Å². The van der Waals surface area contributed by atoms with Crippen LogP contribution >= 0.6 is 0 Å². The Labute approximate surface area is 115 Å². The minimum absolute atomic E-state index is 0.0712. The molecule has 0 atom stereocenters. The molecular formula is C15H25N3O. The lowest BCUT2D eigenvalue weighted by molar-refractivity contribution is -0.120. The molecule has 1 N–H and O–H groups in total. The number of rotatable bonds is 6. The molecule has 106 valence electrons. The second-order valence-electron chi connectivity index (χ2n) is 5.75. The molecule has 0 saturated heterocycles. The lowest BCUT2D eigenvalue weighted by Gasteiger charge is -2.36. The maximum absolute atomic E-state index is 12.2. The average molecular weight is 263 g/mol. The van der Waals surface area contributed by atoms with Crippen LogP contribution in [0, 0.1) is 0 Å². The fraction of sp³-hybridized carbons (Fsp3) is 0.733. The normalized spacial score (nSPS) is 18.4. The summed E-state index contributed by atoms with van der Waals surface area (Å²) in [7, 11) is 3.93. The van der Waals surface area contributed by atoms with Crippen LogP contribution < -0.4 is 5.32 Å². The third-order valence-corrected chi connectivity index (χ3v) is 4.46. The molecule has 1 aromatic rings. The summed E-state index contributed by atoms with van der Waals surface area (Å²) >= 11 is 0. The number of carbonyl (C=O) groups is 1. The number of nitrogens with one attached hydrogen (secondary N) is 1. The molecule has 19 heavy (non-hydrogen) atoms. The molecule has 1 aromatic heterocycles. The summed E-state index contributed by atoms with van der Waals surface area (Å²) in [4.78, 5) is 12.2. The number of ketones is 1. The number of aryl methyl sites for hydroxylation is 2. The summed E-state index contributed by atoms with van der Waals surface area (Å²) in [5.74, 6) is 0.373. The highest BCUT2D eigenvalue weighted by Gasteiger charge is 2.32. The van der Waals surface area contributed by atoms with Crippen molar-refractivity contribution in [3.8, 4) is 0 Å². The highest BCUT2D eigenvalue weighted by Crippen LogP contribution is 2.31. The molecule has 1 aliphatic rings. The van der Waals surface area contributed by atoms with E-state index in [9.17, 15) is 4.79 Å². The van der Waals surface area contributed by atoms with Gasteiger partial charge in [-0.3, -0.25) is 9.48 Å². The number of hydrogen-bond acceptors (Lipinski definition) is 3. The van der Waals surface area contributed by atoms with Crippen LogP contribution in [0.5, 0.6) is 0 Å². The standard InChI is InChI=1S/C15H25N3O/c1-16-15(9-4-3-5-10-15)12-14(19)7-6-13-8-11-17-18(13)2/h8,11,16H,3-7,9-10,12H2,1-2H3. The summed E-state index contributed by atoms with van der Waals surface area (Å²) in [5.41, 5.74) is 1.21. The Balaban J connectivity index is 1.84. The molecule has 0 radical (unpaired) electrons. The van der Waals surface area contributed by atoms with Gasteiger partial charge in [0.1, 0.15) is 5.78 Å². The number of aromatic nitrogens is 2. The molecule has 1 fully saturated rings. The van der Waals surface area contributed by atoms with Crippen molar-refractivity contribution in [1.29, 1.82) is 0 Å². The SMILES string of the molecule is CNC1(CC(=O)CCc2ccnn2C)CCCCC1. The van der Waals surface area contributed by atoms with Gasteiger partial charge in [0.2, 0.25) is 0 Å². The zero-order chi connectivity index (χ0) is 13.7. The Kier molecular flexibility index (Phi) is 4.75. The van der Waals surface area contributed by atoms with Crippen molar-refractivity contribution >= 4 is 5.78 Å². The van der Waals surface area contributed by atoms with Gasteiger partial charge in [-0.25, -0.2) is 0 Å². The lowest BCUT2D eigenvalue weighted by Crippen LogP contribution is -2.46. The summed E-state index contributed by atoms with van der Waals surface area (Å²) in [6.07, 6.45) is 9.98. The van der Waals surface area contributed by atoms with Crippen molar-refractivity contribution in [1.82, 2.24) is 15.1 Å². The van der Waals surface area contributed by atoms with Gasteiger partial charge in [-0.2, -0.15) is 5.10 Å². The van der Waals surface area contributed by atoms with Crippen LogP contribution in [0.2, 0.25) is 0 Å². The second kappa shape index (κ2) is 6.33. The summed E-state index contributed by atoms with van der Waals surface area (Å²) < 4.78 is 1.85. The summed E-state index contributed by atoms with van der Waals surface area (Å²) in [6, 6.07) is 1.99. The van der Waals surface area contributed by atoms with Crippen LogP contribution in [-0.4, -0.2) is 28.2 Å².